The van der Waals surface area contributed by atoms with Gasteiger partial charge in [-0.1, -0.05) is 38.1 Å². The van der Waals surface area contributed by atoms with Gasteiger partial charge in [-0.2, -0.15) is 0 Å². The molecule has 3 rings (SSSR count). The molecule has 1 aromatic rings. The summed E-state index contributed by atoms with van der Waals surface area (Å²) in [6.45, 7) is 8.38. The first-order valence-corrected chi connectivity index (χ1v) is 9.44. The van der Waals surface area contributed by atoms with Crippen LogP contribution in [-0.4, -0.2) is 48.7 Å². The maximum atomic E-state index is 12.6. The molecule has 26 heavy (non-hydrogen) atoms. The van der Waals surface area contributed by atoms with Crippen LogP contribution in [-0.2, 0) is 16.1 Å². The summed E-state index contributed by atoms with van der Waals surface area (Å²) in [5.74, 6) is 0.311. The molecule has 6 nitrogen and oxygen atoms in total. The lowest BCUT2D eigenvalue weighted by Crippen LogP contribution is -2.51. The molecular formula is C20H29N3O3. The molecule has 0 radical (unpaired) electrons. The molecule has 0 aliphatic carbocycles. The zero-order valence-electron chi connectivity index (χ0n) is 15.8. The van der Waals surface area contributed by atoms with Gasteiger partial charge in [-0.25, -0.2) is 4.79 Å². The summed E-state index contributed by atoms with van der Waals surface area (Å²) < 4.78 is 5.92. The van der Waals surface area contributed by atoms with Gasteiger partial charge in [0.2, 0.25) is 5.91 Å². The number of nitrogens with zero attached hydrogens (tertiary/aromatic N) is 1. The monoisotopic (exact) mass is 359 g/mol. The number of urea groups is 1. The van der Waals surface area contributed by atoms with Gasteiger partial charge in [0.05, 0.1) is 18.1 Å². The average Bonchev–Trinajstić information content (AvgIpc) is 2.92. The van der Waals surface area contributed by atoms with E-state index in [1.165, 1.54) is 0 Å². The maximum Gasteiger partial charge on any atom is 0.317 e. The summed E-state index contributed by atoms with van der Waals surface area (Å²) in [4.78, 5) is 26.7. The first-order valence-electron chi connectivity index (χ1n) is 9.44. The summed E-state index contributed by atoms with van der Waals surface area (Å²) in [6.07, 6.45) is 0.439. The molecule has 2 fully saturated rings. The van der Waals surface area contributed by atoms with Crippen molar-refractivity contribution in [3.8, 4) is 0 Å². The van der Waals surface area contributed by atoms with Gasteiger partial charge < -0.3 is 20.3 Å². The van der Waals surface area contributed by atoms with E-state index in [2.05, 4.69) is 24.5 Å². The van der Waals surface area contributed by atoms with Crippen LogP contribution in [0, 0.1) is 18.8 Å². The normalized spacial score (nSPS) is 24.6. The molecule has 3 atom stereocenters. The SMILES string of the molecule is Cc1ccccc1CNC(=O)N1C[C@H]2C[C@@H](C(=O)NCC(C)C)[C@@H](C1)O2. The first-order chi connectivity index (χ1) is 12.4. The van der Waals surface area contributed by atoms with Crippen LogP contribution in [0.15, 0.2) is 24.3 Å². The second-order valence-electron chi connectivity index (χ2n) is 7.77. The number of amides is 3. The second kappa shape index (κ2) is 8.08. The molecular weight excluding hydrogens is 330 g/mol. The third kappa shape index (κ3) is 4.36. The minimum Gasteiger partial charge on any atom is -0.370 e. The Labute approximate surface area is 155 Å². The molecule has 0 saturated carbocycles. The first kappa shape index (κ1) is 18.7. The van der Waals surface area contributed by atoms with E-state index in [9.17, 15) is 9.59 Å². The molecule has 2 aliphatic heterocycles. The summed E-state index contributed by atoms with van der Waals surface area (Å²) in [5.41, 5.74) is 2.28. The van der Waals surface area contributed by atoms with E-state index in [4.69, 9.17) is 4.74 Å². The maximum absolute atomic E-state index is 12.6. The lowest BCUT2D eigenvalue weighted by molar-refractivity contribution is -0.127. The van der Waals surface area contributed by atoms with E-state index >= 15 is 0 Å². The number of aryl methyl sites for hydroxylation is 1. The summed E-state index contributed by atoms with van der Waals surface area (Å²) in [5, 5.41) is 5.99. The fourth-order valence-corrected chi connectivity index (χ4v) is 3.63. The fourth-order valence-electron chi connectivity index (χ4n) is 3.63. The van der Waals surface area contributed by atoms with Crippen molar-refractivity contribution in [3.05, 3.63) is 35.4 Å². The molecule has 2 bridgehead atoms. The summed E-state index contributed by atoms with van der Waals surface area (Å²) >= 11 is 0. The molecule has 142 valence electrons. The topological polar surface area (TPSA) is 70.7 Å². The van der Waals surface area contributed by atoms with Crippen LogP contribution in [0.2, 0.25) is 0 Å². The van der Waals surface area contributed by atoms with Crippen LogP contribution in [0.25, 0.3) is 0 Å². The number of likely N-dealkylation sites (tertiary alicyclic amines) is 1. The minimum absolute atomic E-state index is 0.0484. The van der Waals surface area contributed by atoms with Crippen molar-refractivity contribution in [1.82, 2.24) is 15.5 Å². The van der Waals surface area contributed by atoms with Crippen LogP contribution < -0.4 is 10.6 Å². The van der Waals surface area contributed by atoms with Crippen molar-refractivity contribution in [2.45, 2.75) is 45.9 Å². The Kier molecular flexibility index (Phi) is 5.81. The van der Waals surface area contributed by atoms with Crippen LogP contribution in [0.3, 0.4) is 0 Å². The third-order valence-corrected chi connectivity index (χ3v) is 5.16. The number of ether oxygens (including phenoxy) is 1. The number of nitrogens with one attached hydrogen (secondary N) is 2. The van der Waals surface area contributed by atoms with Gasteiger partial charge in [-0.3, -0.25) is 4.79 Å². The van der Waals surface area contributed by atoms with Gasteiger partial charge in [0.15, 0.2) is 0 Å². The van der Waals surface area contributed by atoms with Crippen LogP contribution in [0.4, 0.5) is 4.79 Å². The van der Waals surface area contributed by atoms with Gasteiger partial charge in [0.1, 0.15) is 0 Å². The molecule has 2 saturated heterocycles. The highest BCUT2D eigenvalue weighted by Crippen LogP contribution is 2.32. The molecule has 2 heterocycles. The van der Waals surface area contributed by atoms with E-state index < -0.39 is 0 Å². The van der Waals surface area contributed by atoms with E-state index in [1.54, 1.807) is 4.90 Å². The minimum atomic E-state index is -0.204. The lowest BCUT2D eigenvalue weighted by Gasteiger charge is -2.32. The Bertz CT molecular complexity index is 661. The molecule has 0 spiro atoms. The molecule has 6 heteroatoms. The van der Waals surface area contributed by atoms with Crippen molar-refractivity contribution < 1.29 is 14.3 Å². The van der Waals surface area contributed by atoms with E-state index in [0.717, 1.165) is 11.1 Å². The second-order valence-corrected chi connectivity index (χ2v) is 7.77. The van der Waals surface area contributed by atoms with Crippen molar-refractivity contribution in [2.24, 2.45) is 11.8 Å². The average molecular weight is 359 g/mol. The standard InChI is InChI=1S/C20H29N3O3/c1-13(2)9-21-19(24)17-8-16-11-23(12-18(17)26-16)20(25)22-10-15-7-5-4-6-14(15)3/h4-7,13,16-18H,8-12H2,1-3H3,(H,21,24)(H,22,25)/t16-,17-,18-/m1/s1. The Morgan fingerprint density at radius 3 is 2.73 bits per heavy atom. The fraction of sp³-hybridized carbons (Fsp3) is 0.600. The van der Waals surface area contributed by atoms with E-state index in [0.29, 0.717) is 38.5 Å². The van der Waals surface area contributed by atoms with Gasteiger partial charge in [-0.05, 0) is 30.4 Å². The Morgan fingerprint density at radius 2 is 2.00 bits per heavy atom. The van der Waals surface area contributed by atoms with E-state index in [1.807, 2.05) is 31.2 Å². The van der Waals surface area contributed by atoms with Crippen molar-refractivity contribution in [3.63, 3.8) is 0 Å². The molecule has 0 unspecified atom stereocenters. The van der Waals surface area contributed by atoms with Crippen molar-refractivity contribution >= 4 is 11.9 Å². The molecule has 3 amide bonds. The van der Waals surface area contributed by atoms with Crippen molar-refractivity contribution in [1.29, 1.82) is 0 Å². The van der Waals surface area contributed by atoms with Crippen LogP contribution in [0.1, 0.15) is 31.4 Å². The van der Waals surface area contributed by atoms with Gasteiger partial charge >= 0.3 is 6.03 Å². The summed E-state index contributed by atoms with van der Waals surface area (Å²) in [6, 6.07) is 7.94. The van der Waals surface area contributed by atoms with Gasteiger partial charge in [0.25, 0.3) is 0 Å². The number of fused-ring (bicyclic) bond motifs is 2. The third-order valence-electron chi connectivity index (χ3n) is 5.16. The molecule has 2 aliphatic rings. The highest BCUT2D eigenvalue weighted by molar-refractivity contribution is 5.80. The summed E-state index contributed by atoms with van der Waals surface area (Å²) in [7, 11) is 0. The van der Waals surface area contributed by atoms with E-state index in [-0.39, 0.29) is 30.1 Å². The smallest absolute Gasteiger partial charge is 0.317 e. The number of benzene rings is 1. The Balaban J connectivity index is 1.53. The molecule has 1 aromatic carbocycles. The number of carbonyl (C=O) groups is 2. The molecule has 0 aromatic heterocycles. The number of rotatable bonds is 5. The zero-order valence-corrected chi connectivity index (χ0v) is 15.8. The quantitative estimate of drug-likeness (QED) is 0.845. The number of hydrogen-bond donors (Lipinski definition) is 2. The largest absolute Gasteiger partial charge is 0.370 e. The highest BCUT2D eigenvalue weighted by atomic mass is 16.5. The van der Waals surface area contributed by atoms with Gasteiger partial charge in [-0.15, -0.1) is 0 Å². The highest BCUT2D eigenvalue weighted by Gasteiger charge is 2.45. The van der Waals surface area contributed by atoms with Crippen LogP contribution in [0.5, 0.6) is 0 Å². The molecule has 2 N–H and O–H groups in total. The Hall–Kier alpha value is -2.08. The van der Waals surface area contributed by atoms with Crippen LogP contribution >= 0.6 is 0 Å². The van der Waals surface area contributed by atoms with Crippen molar-refractivity contribution in [2.75, 3.05) is 19.6 Å². The number of hydrogen-bond acceptors (Lipinski definition) is 3. The zero-order chi connectivity index (χ0) is 18.7. The number of morpholine rings is 1. The Morgan fingerprint density at radius 1 is 1.23 bits per heavy atom. The lowest BCUT2D eigenvalue weighted by atomic mass is 9.99. The number of carbonyl (C=O) groups excluding carboxylic acids is 2. The predicted octanol–water partition coefficient (Wildman–Crippen LogP) is 2.07. The van der Waals surface area contributed by atoms with Gasteiger partial charge in [0, 0.05) is 26.2 Å². The predicted molar refractivity (Wildman–Crippen MR) is 99.6 cm³/mol.